The van der Waals surface area contributed by atoms with E-state index in [1.807, 2.05) is 0 Å². The second-order valence-electron chi connectivity index (χ2n) is 12.1. The summed E-state index contributed by atoms with van der Waals surface area (Å²) in [6.45, 7) is 6.91. The van der Waals surface area contributed by atoms with Crippen molar-refractivity contribution in [3.05, 3.63) is 28.7 Å². The minimum atomic E-state index is -0.602. The zero-order valence-electron chi connectivity index (χ0n) is 25.2. The van der Waals surface area contributed by atoms with E-state index in [9.17, 15) is 14.4 Å². The molecule has 1 unspecified atom stereocenters. The first-order valence-corrected chi connectivity index (χ1v) is 15.6. The normalized spacial score (nSPS) is 23.4. The Bertz CT molecular complexity index is 792. The molecule has 0 aromatic heterocycles. The first-order valence-electron chi connectivity index (χ1n) is 15.6. The third-order valence-electron chi connectivity index (χ3n) is 9.38. The van der Waals surface area contributed by atoms with Crippen LogP contribution < -0.4 is 0 Å². The van der Waals surface area contributed by atoms with Crippen molar-refractivity contribution in [3.63, 3.8) is 0 Å². The van der Waals surface area contributed by atoms with E-state index in [1.165, 1.54) is 38.5 Å². The molecule has 3 N–H and O–H groups in total. The molecular formula is C33H53O6Ti-. The summed E-state index contributed by atoms with van der Waals surface area (Å²) in [5.74, 6) is -1.16. The molecule has 0 amide bonds. The summed E-state index contributed by atoms with van der Waals surface area (Å²) < 4.78 is 0. The predicted octanol–water partition coefficient (Wildman–Crippen LogP) is 8.61. The fourth-order valence-electron chi connectivity index (χ4n) is 6.50. The molecular weight excluding hydrogens is 540 g/mol. The van der Waals surface area contributed by atoms with Crippen LogP contribution >= 0.6 is 0 Å². The van der Waals surface area contributed by atoms with Gasteiger partial charge in [0.05, 0.1) is 17.8 Å². The van der Waals surface area contributed by atoms with Gasteiger partial charge in [-0.3, -0.25) is 14.4 Å². The second kappa shape index (κ2) is 19.6. The van der Waals surface area contributed by atoms with E-state index in [2.05, 4.69) is 27.2 Å². The van der Waals surface area contributed by atoms with Crippen LogP contribution in [0.5, 0.6) is 0 Å². The zero-order chi connectivity index (χ0) is 28.8. The Balaban J connectivity index is 0.000000267. The summed E-state index contributed by atoms with van der Waals surface area (Å²) in [7, 11) is 0. The quantitative estimate of drug-likeness (QED) is 0.223. The molecule has 0 aromatic rings. The number of allylic oxidation sites excluding steroid dienone is 4. The van der Waals surface area contributed by atoms with E-state index in [0.717, 1.165) is 83.0 Å². The Hall–Kier alpha value is -1.53. The summed E-state index contributed by atoms with van der Waals surface area (Å²) in [5, 5.41) is 25.6. The molecule has 0 spiro atoms. The second-order valence-corrected chi connectivity index (χ2v) is 12.1. The summed E-state index contributed by atoms with van der Waals surface area (Å²) in [6, 6.07) is 0. The van der Waals surface area contributed by atoms with Gasteiger partial charge in [0.15, 0.2) is 0 Å². The molecule has 0 radical (unpaired) electrons. The molecule has 226 valence electrons. The van der Waals surface area contributed by atoms with Gasteiger partial charge in [-0.05, 0) is 38.5 Å². The van der Waals surface area contributed by atoms with Crippen LogP contribution in [-0.2, 0) is 36.1 Å². The van der Waals surface area contributed by atoms with Crippen LogP contribution in [0.15, 0.2) is 22.3 Å². The number of carboxylic acid groups (broad SMARTS) is 3. The van der Waals surface area contributed by atoms with E-state index in [0.29, 0.717) is 0 Å². The fourth-order valence-corrected chi connectivity index (χ4v) is 6.50. The standard InChI is InChI=1S/C12H17.3C7H12O2.Ti/c1-8-9(2)11-6-4-5-7-12(11)10(8)3;3*8-7(9)6-4-2-1-3-5-6;/h6,10H,4-5,7H2,1-3H3;3*6H,1-5H2,(H,8,9);/q-1;;;;. The van der Waals surface area contributed by atoms with Crippen molar-refractivity contribution in [2.75, 3.05) is 0 Å². The summed E-state index contributed by atoms with van der Waals surface area (Å²) in [5.41, 5.74) is 6.44. The van der Waals surface area contributed by atoms with Gasteiger partial charge in [0, 0.05) is 21.7 Å². The van der Waals surface area contributed by atoms with E-state index < -0.39 is 17.9 Å². The Kier molecular flexibility index (Phi) is 17.9. The van der Waals surface area contributed by atoms with Gasteiger partial charge in [0.1, 0.15) is 0 Å². The van der Waals surface area contributed by atoms with Gasteiger partial charge in [-0.25, -0.2) is 0 Å². The van der Waals surface area contributed by atoms with Crippen molar-refractivity contribution in [2.45, 2.75) is 136 Å². The molecule has 40 heavy (non-hydrogen) atoms. The number of rotatable bonds is 3. The number of aliphatic carboxylic acids is 3. The van der Waals surface area contributed by atoms with Gasteiger partial charge in [-0.1, -0.05) is 104 Å². The van der Waals surface area contributed by atoms with Crippen LogP contribution in [0.2, 0.25) is 0 Å². The van der Waals surface area contributed by atoms with Crippen molar-refractivity contribution < 1.29 is 51.4 Å². The van der Waals surface area contributed by atoms with Crippen LogP contribution in [0.4, 0.5) is 0 Å². The zero-order valence-corrected chi connectivity index (χ0v) is 26.7. The largest absolute Gasteiger partial charge is 0.481 e. The maximum atomic E-state index is 10.4. The van der Waals surface area contributed by atoms with E-state index in [-0.39, 0.29) is 39.5 Å². The molecule has 6 nitrogen and oxygen atoms in total. The molecule has 0 bridgehead atoms. The first kappa shape index (κ1) is 36.5. The molecule has 5 aliphatic carbocycles. The smallest absolute Gasteiger partial charge is 0.306 e. The van der Waals surface area contributed by atoms with Gasteiger partial charge < -0.3 is 15.3 Å². The van der Waals surface area contributed by atoms with Crippen LogP contribution in [0.25, 0.3) is 0 Å². The average molecular weight is 594 g/mol. The number of carboxylic acids is 3. The summed E-state index contributed by atoms with van der Waals surface area (Å²) >= 11 is 0. The van der Waals surface area contributed by atoms with Crippen molar-refractivity contribution in [2.24, 2.45) is 23.7 Å². The molecule has 1 atom stereocenters. The van der Waals surface area contributed by atoms with Gasteiger partial charge in [-0.2, -0.15) is 23.1 Å². The summed E-state index contributed by atoms with van der Waals surface area (Å²) in [6.07, 6.45) is 22.1. The van der Waals surface area contributed by atoms with Gasteiger partial charge >= 0.3 is 17.9 Å². The predicted molar refractivity (Wildman–Crippen MR) is 155 cm³/mol. The van der Waals surface area contributed by atoms with E-state index in [1.54, 1.807) is 22.3 Å². The molecule has 0 saturated heterocycles. The van der Waals surface area contributed by atoms with Crippen molar-refractivity contribution in [1.29, 1.82) is 0 Å². The first-order chi connectivity index (χ1) is 18.6. The van der Waals surface area contributed by atoms with Gasteiger partial charge in [0.2, 0.25) is 0 Å². The third-order valence-corrected chi connectivity index (χ3v) is 9.38. The monoisotopic (exact) mass is 593 g/mol. The molecule has 5 rings (SSSR count). The fraction of sp³-hybridized carbons (Fsp3) is 0.758. The van der Waals surface area contributed by atoms with Crippen molar-refractivity contribution in [1.82, 2.24) is 0 Å². The number of carbonyl (C=O) groups is 3. The van der Waals surface area contributed by atoms with Crippen LogP contribution in [0, 0.1) is 30.1 Å². The maximum absolute atomic E-state index is 10.4. The Morgan fingerprint density at radius 1 is 0.625 bits per heavy atom. The molecule has 0 aromatic carbocycles. The minimum Gasteiger partial charge on any atom is -0.481 e. The van der Waals surface area contributed by atoms with Gasteiger partial charge in [0.25, 0.3) is 0 Å². The molecule has 0 aliphatic heterocycles. The summed E-state index contributed by atoms with van der Waals surface area (Å²) in [4.78, 5) is 31.1. The molecule has 7 heteroatoms. The molecule has 0 heterocycles. The average Bonchev–Trinajstić information content (AvgIpc) is 3.19. The number of hydrogen-bond donors (Lipinski definition) is 3. The van der Waals surface area contributed by atoms with Crippen molar-refractivity contribution in [3.8, 4) is 0 Å². The molecule has 3 saturated carbocycles. The van der Waals surface area contributed by atoms with E-state index >= 15 is 0 Å². The minimum absolute atomic E-state index is 0. The van der Waals surface area contributed by atoms with Gasteiger partial charge in [-0.15, -0.1) is 5.57 Å². The third kappa shape index (κ3) is 12.1. The van der Waals surface area contributed by atoms with E-state index in [4.69, 9.17) is 15.3 Å². The van der Waals surface area contributed by atoms with Crippen LogP contribution in [0.3, 0.4) is 0 Å². The molecule has 5 aliphatic rings. The molecule has 3 fully saturated rings. The SMILES string of the molecule is CC1=C(C)C(C)C2=C1[CH-]CCC2.O=C(O)C1CCCCC1.O=C(O)C1CCCCC1.O=C(O)C1CCCCC1.[Ti]. The Morgan fingerprint density at radius 3 is 1.25 bits per heavy atom. The number of hydrogen-bond acceptors (Lipinski definition) is 3. The Morgan fingerprint density at radius 2 is 0.975 bits per heavy atom. The maximum Gasteiger partial charge on any atom is 0.306 e. The van der Waals surface area contributed by atoms with Crippen LogP contribution in [-0.4, -0.2) is 33.2 Å². The van der Waals surface area contributed by atoms with Crippen molar-refractivity contribution >= 4 is 17.9 Å². The van der Waals surface area contributed by atoms with Crippen LogP contribution in [0.1, 0.15) is 136 Å². The Labute approximate surface area is 257 Å². The topological polar surface area (TPSA) is 112 Å².